The fraction of sp³-hybridized carbons (Fsp3) is 0.357. The van der Waals surface area contributed by atoms with E-state index < -0.39 is 7.14 Å². The highest BCUT2D eigenvalue weighted by Gasteiger charge is 2.38. The zero-order valence-corrected chi connectivity index (χ0v) is 24.8. The molecule has 0 radical (unpaired) electrons. The van der Waals surface area contributed by atoms with Crippen LogP contribution in [0, 0.1) is 0 Å². The Morgan fingerprint density at radius 3 is 2.70 bits per heavy atom. The van der Waals surface area contributed by atoms with E-state index in [2.05, 4.69) is 57.4 Å². The van der Waals surface area contributed by atoms with E-state index in [0.717, 1.165) is 42.8 Å². The average molecular weight is 621 g/mol. The maximum absolute atomic E-state index is 13.3. The molecule has 3 aliphatic rings. The summed E-state index contributed by atoms with van der Waals surface area (Å²) in [5.74, 6) is 1.84. The SMILES string of the molecule is CP(C)(=O)c1c(Nc2nc(Nc3ccc4c(c3)OC[C@@H]3CN(C5CC5)CCN43)ncc2Br)ccc2nccnc12. The summed E-state index contributed by atoms with van der Waals surface area (Å²) in [7, 11) is -2.71. The third-order valence-electron chi connectivity index (χ3n) is 7.68. The number of nitrogens with one attached hydrogen (secondary N) is 2. The Kier molecular flexibility index (Phi) is 6.40. The van der Waals surface area contributed by atoms with Crippen molar-refractivity contribution in [2.45, 2.75) is 24.9 Å². The molecule has 12 heteroatoms. The van der Waals surface area contributed by atoms with Gasteiger partial charge in [-0.3, -0.25) is 14.9 Å². The van der Waals surface area contributed by atoms with Crippen molar-refractivity contribution >= 4 is 68.2 Å². The highest BCUT2D eigenvalue weighted by Crippen LogP contribution is 2.42. The summed E-state index contributed by atoms with van der Waals surface area (Å²) in [6, 6.07) is 11.1. The summed E-state index contributed by atoms with van der Waals surface area (Å²) in [4.78, 5) is 23.1. The fourth-order valence-electron chi connectivity index (χ4n) is 5.68. The number of hydrogen-bond donors (Lipinski definition) is 2. The molecule has 1 aliphatic carbocycles. The van der Waals surface area contributed by atoms with Crippen molar-refractivity contribution in [3.8, 4) is 5.75 Å². The third-order valence-corrected chi connectivity index (χ3v) is 9.79. The van der Waals surface area contributed by atoms with E-state index in [-0.39, 0.29) is 0 Å². The predicted octanol–water partition coefficient (Wildman–Crippen LogP) is 4.96. The van der Waals surface area contributed by atoms with Crippen molar-refractivity contribution < 1.29 is 9.30 Å². The molecule has 1 saturated heterocycles. The first kappa shape index (κ1) is 25.7. The summed E-state index contributed by atoms with van der Waals surface area (Å²) >= 11 is 3.56. The Morgan fingerprint density at radius 2 is 1.88 bits per heavy atom. The monoisotopic (exact) mass is 620 g/mol. The Bertz CT molecular complexity index is 1660. The van der Waals surface area contributed by atoms with Crippen LogP contribution in [0.2, 0.25) is 0 Å². The minimum absolute atomic E-state index is 0.400. The molecular formula is C28H30BrN8O2P. The molecule has 2 aliphatic heterocycles. The molecule has 0 amide bonds. The van der Waals surface area contributed by atoms with Gasteiger partial charge in [-0.05, 0) is 66.4 Å². The van der Waals surface area contributed by atoms with Gasteiger partial charge in [-0.1, -0.05) is 0 Å². The van der Waals surface area contributed by atoms with E-state index in [1.54, 1.807) is 31.9 Å². The Morgan fingerprint density at radius 1 is 1.02 bits per heavy atom. The summed E-state index contributed by atoms with van der Waals surface area (Å²) in [5, 5.41) is 7.31. The number of ether oxygens (including phenoxy) is 1. The lowest BCUT2D eigenvalue weighted by atomic mass is 10.1. The molecule has 0 bridgehead atoms. The number of nitrogens with zero attached hydrogens (tertiary/aromatic N) is 6. The van der Waals surface area contributed by atoms with E-state index in [1.807, 2.05) is 24.3 Å². The van der Waals surface area contributed by atoms with Crippen LogP contribution in [0.1, 0.15) is 12.8 Å². The second kappa shape index (κ2) is 9.98. The van der Waals surface area contributed by atoms with E-state index in [1.165, 1.54) is 12.8 Å². The first-order valence-corrected chi connectivity index (χ1v) is 16.9. The zero-order chi connectivity index (χ0) is 27.4. The quantitative estimate of drug-likeness (QED) is 0.287. The lowest BCUT2D eigenvalue weighted by molar-refractivity contribution is 0.161. The molecule has 2 N–H and O–H groups in total. The number of benzene rings is 2. The third kappa shape index (κ3) is 4.91. The van der Waals surface area contributed by atoms with Crippen LogP contribution in [-0.2, 0) is 4.57 Å². The summed E-state index contributed by atoms with van der Waals surface area (Å²) in [5.41, 5.74) is 3.98. The normalized spacial score (nSPS) is 19.1. The summed E-state index contributed by atoms with van der Waals surface area (Å²) < 4.78 is 20.2. The Labute approximate surface area is 241 Å². The van der Waals surface area contributed by atoms with Crippen LogP contribution in [0.25, 0.3) is 11.0 Å². The van der Waals surface area contributed by atoms with Crippen LogP contribution >= 0.6 is 23.1 Å². The van der Waals surface area contributed by atoms with Gasteiger partial charge >= 0.3 is 0 Å². The predicted molar refractivity (Wildman–Crippen MR) is 163 cm³/mol. The number of anilines is 5. The van der Waals surface area contributed by atoms with Crippen LogP contribution in [0.3, 0.4) is 0 Å². The summed E-state index contributed by atoms with van der Waals surface area (Å²) in [6.07, 6.45) is 7.61. The lowest BCUT2D eigenvalue weighted by Gasteiger charge is -2.45. The highest BCUT2D eigenvalue weighted by atomic mass is 79.9. The first-order valence-electron chi connectivity index (χ1n) is 13.5. The smallest absolute Gasteiger partial charge is 0.229 e. The van der Waals surface area contributed by atoms with Gasteiger partial charge in [-0.15, -0.1) is 0 Å². The van der Waals surface area contributed by atoms with Gasteiger partial charge in [0.1, 0.15) is 30.8 Å². The maximum atomic E-state index is 13.3. The maximum Gasteiger partial charge on any atom is 0.229 e. The molecule has 0 unspecified atom stereocenters. The van der Waals surface area contributed by atoms with Crippen LogP contribution in [0.4, 0.5) is 28.8 Å². The number of hydrogen-bond acceptors (Lipinski definition) is 10. The molecule has 206 valence electrons. The fourth-order valence-corrected chi connectivity index (χ4v) is 7.36. The van der Waals surface area contributed by atoms with Gasteiger partial charge in [0.2, 0.25) is 5.95 Å². The molecule has 10 nitrogen and oxygen atoms in total. The van der Waals surface area contributed by atoms with Gasteiger partial charge in [0.05, 0.1) is 32.7 Å². The number of halogens is 1. The molecule has 2 aromatic carbocycles. The second-order valence-electron chi connectivity index (χ2n) is 10.9. The van der Waals surface area contributed by atoms with Crippen molar-refractivity contribution in [1.82, 2.24) is 24.8 Å². The minimum atomic E-state index is -2.71. The lowest BCUT2D eigenvalue weighted by Crippen LogP contribution is -2.57. The van der Waals surface area contributed by atoms with Gasteiger partial charge in [-0.2, -0.15) is 4.98 Å². The molecule has 40 heavy (non-hydrogen) atoms. The largest absolute Gasteiger partial charge is 0.489 e. The Balaban J connectivity index is 1.13. The zero-order valence-electron chi connectivity index (χ0n) is 22.3. The van der Waals surface area contributed by atoms with Gasteiger partial charge in [0.25, 0.3) is 0 Å². The summed E-state index contributed by atoms with van der Waals surface area (Å²) in [6.45, 7) is 7.37. The van der Waals surface area contributed by atoms with Gasteiger partial charge in [0, 0.05) is 56.0 Å². The van der Waals surface area contributed by atoms with Crippen molar-refractivity contribution in [2.75, 3.05) is 55.1 Å². The first-order chi connectivity index (χ1) is 19.3. The second-order valence-corrected chi connectivity index (χ2v) is 14.9. The van der Waals surface area contributed by atoms with Crippen molar-refractivity contribution in [2.24, 2.45) is 0 Å². The van der Waals surface area contributed by atoms with Gasteiger partial charge in [-0.25, -0.2) is 4.98 Å². The van der Waals surface area contributed by atoms with Crippen LogP contribution in [0.5, 0.6) is 5.75 Å². The molecule has 2 fully saturated rings. The van der Waals surface area contributed by atoms with Crippen molar-refractivity contribution in [3.05, 3.63) is 53.4 Å². The topological polar surface area (TPSA) is 108 Å². The molecule has 4 aromatic rings. The van der Waals surface area contributed by atoms with E-state index in [4.69, 9.17) is 9.72 Å². The molecule has 1 saturated carbocycles. The molecular weight excluding hydrogens is 591 g/mol. The number of fused-ring (bicyclic) bond motifs is 4. The van der Waals surface area contributed by atoms with Crippen LogP contribution in [0.15, 0.2) is 53.4 Å². The molecule has 0 spiro atoms. The van der Waals surface area contributed by atoms with E-state index in [9.17, 15) is 4.57 Å². The molecule has 7 rings (SSSR count). The van der Waals surface area contributed by atoms with Crippen LogP contribution in [-0.4, -0.2) is 76.5 Å². The molecule has 1 atom stereocenters. The Hall–Kier alpha value is -3.27. The average Bonchev–Trinajstić information content (AvgIpc) is 3.79. The number of rotatable bonds is 6. The van der Waals surface area contributed by atoms with E-state index >= 15 is 0 Å². The standard InChI is InChI=1S/C28H30BrN8O2P/c1-40(2,38)26-22(7-6-21-25(26)31-10-9-30-21)34-27-20(29)14-32-28(35-27)33-17-3-8-23-24(13-17)39-16-19-15-36(18-4-5-18)11-12-37(19)23/h3,6-10,13-14,18-19H,4-5,11-12,15-16H2,1-2H3,(H2,32,33,34,35)/t19-/m0/s1. The van der Waals surface area contributed by atoms with Gasteiger partial charge < -0.3 is 24.8 Å². The number of piperazine rings is 1. The van der Waals surface area contributed by atoms with E-state index in [0.29, 0.717) is 50.9 Å². The minimum Gasteiger partial charge on any atom is -0.489 e. The number of aromatic nitrogens is 4. The molecule has 4 heterocycles. The molecule has 2 aromatic heterocycles. The van der Waals surface area contributed by atoms with Crippen LogP contribution < -0.4 is 25.6 Å². The van der Waals surface area contributed by atoms with Crippen molar-refractivity contribution in [3.63, 3.8) is 0 Å². The van der Waals surface area contributed by atoms with Crippen molar-refractivity contribution in [1.29, 1.82) is 0 Å². The highest BCUT2D eigenvalue weighted by molar-refractivity contribution is 9.10. The van der Waals surface area contributed by atoms with Gasteiger partial charge in [0.15, 0.2) is 0 Å².